The molecule has 6 nitrogen and oxygen atoms in total. The number of aryl methyl sites for hydroxylation is 1. The van der Waals surface area contributed by atoms with Gasteiger partial charge >= 0.3 is 5.97 Å². The molecular weight excluding hydrogens is 500 g/mol. The van der Waals surface area contributed by atoms with Gasteiger partial charge in [0.15, 0.2) is 0 Å². The first kappa shape index (κ1) is 26.8. The molecule has 40 heavy (non-hydrogen) atoms. The average molecular weight is 533 g/mol. The van der Waals surface area contributed by atoms with Crippen molar-refractivity contribution in [2.45, 2.75) is 32.2 Å². The number of ether oxygens (including phenoxy) is 1. The monoisotopic (exact) mass is 532 g/mol. The third kappa shape index (κ3) is 6.97. The van der Waals surface area contributed by atoms with Crippen LogP contribution in [0.1, 0.15) is 28.1 Å². The second kappa shape index (κ2) is 12.8. The fourth-order valence-electron chi connectivity index (χ4n) is 4.61. The first-order chi connectivity index (χ1) is 19.5. The quantitative estimate of drug-likeness (QED) is 0.181. The molecule has 0 aliphatic rings. The first-order valence-corrected chi connectivity index (χ1v) is 13.4. The number of carboxylic acids is 1. The van der Waals surface area contributed by atoms with E-state index in [-0.39, 0.29) is 0 Å². The Hall–Kier alpha value is -4.84. The minimum atomic E-state index is -0.896. The molecule has 0 unspecified atom stereocenters. The van der Waals surface area contributed by atoms with Gasteiger partial charge in [0.25, 0.3) is 0 Å². The van der Waals surface area contributed by atoms with Crippen LogP contribution in [0.2, 0.25) is 0 Å². The molecule has 0 fully saturated rings. The summed E-state index contributed by atoms with van der Waals surface area (Å²) in [5, 5.41) is 13.2. The molecule has 0 spiro atoms. The van der Waals surface area contributed by atoms with Gasteiger partial charge in [0, 0.05) is 24.1 Å². The fraction of sp³-hybridized carbons (Fsp3) is 0.176. The minimum absolute atomic E-state index is 0.343. The standard InChI is InChI=1S/C34H32N2O4/c1-24-30(36-33(40-24)27-12-6-3-7-13-27)20-21-39-29-18-16-26(17-19-29)23-32(34(37)38)35-31-15-9-8-14-28(31)22-25-10-4-2-5-11-25/h2-19,32,35H,20-23H2,1H3,(H,37,38)/t32-/m0/s1. The summed E-state index contributed by atoms with van der Waals surface area (Å²) in [5.41, 5.74) is 5.79. The van der Waals surface area contributed by atoms with E-state index in [4.69, 9.17) is 9.15 Å². The average Bonchev–Trinajstić information content (AvgIpc) is 3.35. The van der Waals surface area contributed by atoms with Crippen molar-refractivity contribution in [1.82, 2.24) is 4.98 Å². The number of hydrogen-bond acceptors (Lipinski definition) is 5. The molecule has 202 valence electrons. The number of rotatable bonds is 12. The maximum atomic E-state index is 12.1. The van der Waals surface area contributed by atoms with E-state index in [0.717, 1.165) is 46.0 Å². The highest BCUT2D eigenvalue weighted by atomic mass is 16.5. The molecule has 0 radical (unpaired) electrons. The summed E-state index contributed by atoms with van der Waals surface area (Å²) in [5.74, 6) is 1.23. The molecule has 0 saturated carbocycles. The number of oxazole rings is 1. The highest BCUT2D eigenvalue weighted by molar-refractivity contribution is 5.78. The first-order valence-electron chi connectivity index (χ1n) is 13.4. The number of aromatic nitrogens is 1. The summed E-state index contributed by atoms with van der Waals surface area (Å²) >= 11 is 0. The van der Waals surface area contributed by atoms with Crippen LogP contribution in [-0.4, -0.2) is 28.7 Å². The molecule has 1 aromatic heterocycles. The third-order valence-corrected chi connectivity index (χ3v) is 6.77. The zero-order valence-electron chi connectivity index (χ0n) is 22.4. The predicted molar refractivity (Wildman–Crippen MR) is 157 cm³/mol. The van der Waals surface area contributed by atoms with E-state index in [0.29, 0.717) is 25.3 Å². The Balaban J connectivity index is 1.17. The Bertz CT molecular complexity index is 1530. The molecule has 6 heteroatoms. The molecular formula is C34H32N2O4. The summed E-state index contributed by atoms with van der Waals surface area (Å²) in [7, 11) is 0. The molecule has 1 atom stereocenters. The van der Waals surface area contributed by atoms with Gasteiger partial charge in [-0.25, -0.2) is 9.78 Å². The molecule has 5 rings (SSSR count). The van der Waals surface area contributed by atoms with Crippen LogP contribution in [0.3, 0.4) is 0 Å². The van der Waals surface area contributed by atoms with Crippen molar-refractivity contribution in [2.24, 2.45) is 0 Å². The Labute approximate surface area is 234 Å². The summed E-state index contributed by atoms with van der Waals surface area (Å²) < 4.78 is 11.8. The van der Waals surface area contributed by atoms with Crippen LogP contribution in [0.25, 0.3) is 11.5 Å². The second-order valence-electron chi connectivity index (χ2n) is 9.69. The number of para-hydroxylation sites is 1. The van der Waals surface area contributed by atoms with Crippen molar-refractivity contribution in [3.63, 3.8) is 0 Å². The Morgan fingerprint density at radius 3 is 2.27 bits per heavy atom. The normalized spacial score (nSPS) is 11.6. The van der Waals surface area contributed by atoms with Gasteiger partial charge in [0.05, 0.1) is 12.3 Å². The number of anilines is 1. The molecule has 2 N–H and O–H groups in total. The van der Waals surface area contributed by atoms with Crippen molar-refractivity contribution in [2.75, 3.05) is 11.9 Å². The minimum Gasteiger partial charge on any atom is -0.493 e. The molecule has 0 aliphatic carbocycles. The molecule has 1 heterocycles. The molecule has 5 aromatic rings. The van der Waals surface area contributed by atoms with Crippen LogP contribution in [-0.2, 0) is 24.1 Å². The number of carbonyl (C=O) groups is 1. The van der Waals surface area contributed by atoms with Gasteiger partial charge in [-0.3, -0.25) is 0 Å². The molecule has 0 amide bonds. The van der Waals surface area contributed by atoms with Crippen LogP contribution in [0, 0.1) is 6.92 Å². The van der Waals surface area contributed by atoms with Crippen molar-refractivity contribution in [3.05, 3.63) is 137 Å². The van der Waals surface area contributed by atoms with E-state index >= 15 is 0 Å². The zero-order valence-corrected chi connectivity index (χ0v) is 22.4. The lowest BCUT2D eigenvalue weighted by Crippen LogP contribution is -2.31. The zero-order chi connectivity index (χ0) is 27.7. The third-order valence-electron chi connectivity index (χ3n) is 6.77. The molecule has 0 aliphatic heterocycles. The van der Waals surface area contributed by atoms with E-state index in [1.165, 1.54) is 5.56 Å². The van der Waals surface area contributed by atoms with E-state index < -0.39 is 12.0 Å². The maximum Gasteiger partial charge on any atom is 0.326 e. The lowest BCUT2D eigenvalue weighted by molar-refractivity contribution is -0.137. The van der Waals surface area contributed by atoms with E-state index in [2.05, 4.69) is 22.4 Å². The van der Waals surface area contributed by atoms with Gasteiger partial charge in [-0.2, -0.15) is 0 Å². The molecule has 4 aromatic carbocycles. The van der Waals surface area contributed by atoms with Gasteiger partial charge in [-0.05, 0) is 60.4 Å². The van der Waals surface area contributed by atoms with Gasteiger partial charge in [-0.15, -0.1) is 0 Å². The van der Waals surface area contributed by atoms with Crippen molar-refractivity contribution in [3.8, 4) is 17.2 Å². The van der Waals surface area contributed by atoms with Gasteiger partial charge in [0.1, 0.15) is 17.6 Å². The second-order valence-corrected chi connectivity index (χ2v) is 9.69. The van der Waals surface area contributed by atoms with Crippen LogP contribution in [0.15, 0.2) is 114 Å². The van der Waals surface area contributed by atoms with E-state index in [1.54, 1.807) is 0 Å². The summed E-state index contributed by atoms with van der Waals surface area (Å²) in [6.07, 6.45) is 1.69. The van der Waals surface area contributed by atoms with Crippen LogP contribution < -0.4 is 10.1 Å². The highest BCUT2D eigenvalue weighted by Crippen LogP contribution is 2.23. The maximum absolute atomic E-state index is 12.1. The number of nitrogens with one attached hydrogen (secondary N) is 1. The number of carboxylic acid groups (broad SMARTS) is 1. The van der Waals surface area contributed by atoms with Gasteiger partial charge in [0.2, 0.25) is 5.89 Å². The fourth-order valence-corrected chi connectivity index (χ4v) is 4.61. The largest absolute Gasteiger partial charge is 0.493 e. The lowest BCUT2D eigenvalue weighted by Gasteiger charge is -2.19. The van der Waals surface area contributed by atoms with Crippen LogP contribution in [0.4, 0.5) is 5.69 Å². The summed E-state index contributed by atoms with van der Waals surface area (Å²) in [6.45, 7) is 2.37. The van der Waals surface area contributed by atoms with E-state index in [9.17, 15) is 9.90 Å². The Kier molecular flexibility index (Phi) is 8.57. The Morgan fingerprint density at radius 1 is 0.875 bits per heavy atom. The number of nitrogens with zero attached hydrogens (tertiary/aromatic N) is 1. The summed E-state index contributed by atoms with van der Waals surface area (Å²) in [4.78, 5) is 16.8. The summed E-state index contributed by atoms with van der Waals surface area (Å²) in [6, 6.07) is 34.7. The Morgan fingerprint density at radius 2 is 1.55 bits per heavy atom. The van der Waals surface area contributed by atoms with Gasteiger partial charge in [-0.1, -0.05) is 78.9 Å². The molecule has 0 saturated heterocycles. The smallest absolute Gasteiger partial charge is 0.326 e. The van der Waals surface area contributed by atoms with E-state index in [1.807, 2.05) is 104 Å². The lowest BCUT2D eigenvalue weighted by atomic mass is 10.0. The highest BCUT2D eigenvalue weighted by Gasteiger charge is 2.19. The number of hydrogen-bond donors (Lipinski definition) is 2. The van der Waals surface area contributed by atoms with Gasteiger partial charge < -0.3 is 19.6 Å². The number of benzene rings is 4. The van der Waals surface area contributed by atoms with Crippen LogP contribution >= 0.6 is 0 Å². The molecule has 0 bridgehead atoms. The van der Waals surface area contributed by atoms with Crippen LogP contribution in [0.5, 0.6) is 5.75 Å². The van der Waals surface area contributed by atoms with Crippen molar-refractivity contribution >= 4 is 11.7 Å². The van der Waals surface area contributed by atoms with Crippen molar-refractivity contribution < 1.29 is 19.1 Å². The number of aliphatic carboxylic acids is 1. The van der Waals surface area contributed by atoms with Crippen molar-refractivity contribution in [1.29, 1.82) is 0 Å². The topological polar surface area (TPSA) is 84.6 Å². The SMILES string of the molecule is Cc1oc(-c2ccccc2)nc1CCOc1ccc(C[C@H](Nc2ccccc2Cc2ccccc2)C(=O)O)cc1. The predicted octanol–water partition coefficient (Wildman–Crippen LogP) is 6.97.